The summed E-state index contributed by atoms with van der Waals surface area (Å²) in [5, 5.41) is 3.63. The molecule has 3 rings (SSSR count). The lowest BCUT2D eigenvalue weighted by atomic mass is 9.71. The highest BCUT2D eigenvalue weighted by molar-refractivity contribution is 14.1. The number of esters is 1. The van der Waals surface area contributed by atoms with Crippen molar-refractivity contribution in [3.63, 3.8) is 0 Å². The van der Waals surface area contributed by atoms with E-state index in [2.05, 4.69) is 27.9 Å². The predicted molar refractivity (Wildman–Crippen MR) is 65.0 cm³/mol. The molecule has 3 heterocycles. The number of piperidine rings is 1. The Kier molecular flexibility index (Phi) is 2.47. The molecule has 4 heteroatoms. The van der Waals surface area contributed by atoms with E-state index in [1.165, 1.54) is 12.8 Å². The van der Waals surface area contributed by atoms with Crippen molar-refractivity contribution in [3.8, 4) is 0 Å². The third kappa shape index (κ3) is 1.60. The Morgan fingerprint density at radius 1 is 1.40 bits per heavy atom. The highest BCUT2D eigenvalue weighted by Gasteiger charge is 2.54. The molecule has 0 aromatic carbocycles. The van der Waals surface area contributed by atoms with E-state index in [-0.39, 0.29) is 17.5 Å². The number of ether oxygens (including phenoxy) is 1. The summed E-state index contributed by atoms with van der Waals surface area (Å²) in [6.07, 6.45) is 5.69. The molecule has 3 saturated heterocycles. The lowest BCUT2D eigenvalue weighted by Gasteiger charge is -2.39. The van der Waals surface area contributed by atoms with E-state index < -0.39 is 0 Å². The van der Waals surface area contributed by atoms with Crippen LogP contribution in [0.15, 0.2) is 0 Å². The first-order valence-corrected chi connectivity index (χ1v) is 7.26. The van der Waals surface area contributed by atoms with Gasteiger partial charge in [-0.1, -0.05) is 22.6 Å². The number of hydrogen-bond donors (Lipinski definition) is 1. The number of carbonyl (C=O) groups excluding carboxylic acids is 1. The van der Waals surface area contributed by atoms with Crippen LogP contribution in [-0.4, -0.2) is 28.6 Å². The summed E-state index contributed by atoms with van der Waals surface area (Å²) in [6, 6.07) is 1.28. The van der Waals surface area contributed by atoms with Gasteiger partial charge in [-0.3, -0.25) is 4.79 Å². The highest BCUT2D eigenvalue weighted by Crippen LogP contribution is 2.50. The van der Waals surface area contributed by atoms with Crippen LogP contribution < -0.4 is 5.32 Å². The molecule has 3 nitrogen and oxygen atoms in total. The number of cyclic esters (lactones) is 1. The number of alkyl halides is 1. The predicted octanol–water partition coefficient (Wildman–Crippen LogP) is 1.64. The topological polar surface area (TPSA) is 38.3 Å². The van der Waals surface area contributed by atoms with Crippen LogP contribution in [0.25, 0.3) is 0 Å². The van der Waals surface area contributed by atoms with Gasteiger partial charge in [0, 0.05) is 21.9 Å². The molecule has 84 valence electrons. The first kappa shape index (κ1) is 10.3. The normalized spacial score (nSPS) is 48.6. The molecule has 0 radical (unpaired) electrons. The summed E-state index contributed by atoms with van der Waals surface area (Å²) in [5.74, 6) is 0.0259. The van der Waals surface area contributed by atoms with E-state index in [9.17, 15) is 4.79 Å². The van der Waals surface area contributed by atoms with Gasteiger partial charge in [-0.05, 0) is 25.7 Å². The Morgan fingerprint density at radius 2 is 2.07 bits per heavy atom. The van der Waals surface area contributed by atoms with Crippen LogP contribution in [0.1, 0.15) is 32.1 Å². The standard InChI is InChI=1S/C11H16INO2/c12-6-9-11(5-10(14)15-9)3-7-1-2-8(4-11)13-7/h7-9,13H,1-6H2. The molecule has 1 spiro atoms. The molecule has 3 aliphatic rings. The van der Waals surface area contributed by atoms with Crippen molar-refractivity contribution in [1.29, 1.82) is 0 Å². The van der Waals surface area contributed by atoms with Crippen LogP contribution in [-0.2, 0) is 9.53 Å². The highest BCUT2D eigenvalue weighted by atomic mass is 127. The zero-order valence-corrected chi connectivity index (χ0v) is 10.8. The van der Waals surface area contributed by atoms with Gasteiger partial charge in [0.25, 0.3) is 0 Å². The molecule has 3 atom stereocenters. The van der Waals surface area contributed by atoms with Crippen LogP contribution >= 0.6 is 22.6 Å². The van der Waals surface area contributed by atoms with Crippen molar-refractivity contribution in [2.45, 2.75) is 50.3 Å². The van der Waals surface area contributed by atoms with Gasteiger partial charge in [-0.15, -0.1) is 0 Å². The Balaban J connectivity index is 1.86. The molecule has 0 saturated carbocycles. The SMILES string of the molecule is O=C1CC2(CC3CCC(C2)N3)C(CI)O1. The fraction of sp³-hybridized carbons (Fsp3) is 0.909. The molecule has 0 aromatic rings. The minimum absolute atomic E-state index is 0.0259. The largest absolute Gasteiger partial charge is 0.461 e. The van der Waals surface area contributed by atoms with Gasteiger partial charge in [0.05, 0.1) is 6.42 Å². The minimum Gasteiger partial charge on any atom is -0.461 e. The van der Waals surface area contributed by atoms with Crippen LogP contribution in [0.3, 0.4) is 0 Å². The second-order valence-electron chi connectivity index (χ2n) is 5.22. The number of halogens is 1. The fourth-order valence-electron chi connectivity index (χ4n) is 3.62. The first-order valence-electron chi connectivity index (χ1n) is 5.73. The molecular formula is C11H16INO2. The molecule has 3 fully saturated rings. The van der Waals surface area contributed by atoms with Crippen LogP contribution in [0.2, 0.25) is 0 Å². The number of rotatable bonds is 1. The molecule has 1 N–H and O–H groups in total. The summed E-state index contributed by atoms with van der Waals surface area (Å²) in [4.78, 5) is 11.5. The minimum atomic E-state index is 0.0259. The molecule has 0 amide bonds. The van der Waals surface area contributed by atoms with E-state index >= 15 is 0 Å². The van der Waals surface area contributed by atoms with Gasteiger partial charge in [-0.25, -0.2) is 0 Å². The van der Waals surface area contributed by atoms with Crippen molar-refractivity contribution < 1.29 is 9.53 Å². The zero-order chi connectivity index (χ0) is 10.5. The van der Waals surface area contributed by atoms with Crippen LogP contribution in [0.5, 0.6) is 0 Å². The summed E-state index contributed by atoms with van der Waals surface area (Å²) >= 11 is 2.35. The smallest absolute Gasteiger partial charge is 0.306 e. The monoisotopic (exact) mass is 321 g/mol. The molecule has 15 heavy (non-hydrogen) atoms. The Hall–Kier alpha value is 0.160. The second kappa shape index (κ2) is 3.58. The van der Waals surface area contributed by atoms with Crippen LogP contribution in [0, 0.1) is 5.41 Å². The average molecular weight is 321 g/mol. The molecule has 3 aliphatic heterocycles. The van der Waals surface area contributed by atoms with Crippen molar-refractivity contribution in [2.24, 2.45) is 5.41 Å². The van der Waals surface area contributed by atoms with Crippen LogP contribution in [0.4, 0.5) is 0 Å². The number of nitrogens with one attached hydrogen (secondary N) is 1. The van der Waals surface area contributed by atoms with Crippen molar-refractivity contribution in [2.75, 3.05) is 4.43 Å². The van der Waals surface area contributed by atoms with Gasteiger partial charge in [0.2, 0.25) is 0 Å². The van der Waals surface area contributed by atoms with E-state index in [0.717, 1.165) is 17.3 Å². The maximum absolute atomic E-state index is 11.5. The molecule has 2 bridgehead atoms. The van der Waals surface area contributed by atoms with E-state index in [1.807, 2.05) is 0 Å². The third-order valence-electron chi connectivity index (χ3n) is 4.23. The quantitative estimate of drug-likeness (QED) is 0.453. The zero-order valence-electron chi connectivity index (χ0n) is 8.67. The van der Waals surface area contributed by atoms with Crippen molar-refractivity contribution in [3.05, 3.63) is 0 Å². The Labute approximate surface area is 103 Å². The summed E-state index contributed by atoms with van der Waals surface area (Å²) in [5.41, 5.74) is 0.176. The maximum atomic E-state index is 11.5. The van der Waals surface area contributed by atoms with Crippen molar-refractivity contribution >= 4 is 28.6 Å². The molecular weight excluding hydrogens is 305 g/mol. The van der Waals surface area contributed by atoms with Gasteiger partial charge in [-0.2, -0.15) is 0 Å². The van der Waals surface area contributed by atoms with E-state index in [1.54, 1.807) is 0 Å². The van der Waals surface area contributed by atoms with Gasteiger partial charge in [0.15, 0.2) is 0 Å². The lowest BCUT2D eigenvalue weighted by Crippen LogP contribution is -2.48. The number of fused-ring (bicyclic) bond motifs is 2. The Morgan fingerprint density at radius 3 is 2.67 bits per heavy atom. The van der Waals surface area contributed by atoms with E-state index in [0.29, 0.717) is 18.5 Å². The van der Waals surface area contributed by atoms with Gasteiger partial charge < -0.3 is 10.1 Å². The molecule has 0 aromatic heterocycles. The third-order valence-corrected chi connectivity index (χ3v) is 5.03. The second-order valence-corrected chi connectivity index (χ2v) is 6.10. The van der Waals surface area contributed by atoms with Gasteiger partial charge >= 0.3 is 5.97 Å². The molecule has 0 aliphatic carbocycles. The van der Waals surface area contributed by atoms with Gasteiger partial charge in [0.1, 0.15) is 6.10 Å². The molecule has 3 unspecified atom stereocenters. The first-order chi connectivity index (χ1) is 7.22. The lowest BCUT2D eigenvalue weighted by molar-refractivity contribution is -0.140. The number of carbonyl (C=O) groups is 1. The van der Waals surface area contributed by atoms with Crippen molar-refractivity contribution in [1.82, 2.24) is 5.32 Å². The summed E-state index contributed by atoms with van der Waals surface area (Å²) < 4.78 is 6.40. The number of hydrogen-bond acceptors (Lipinski definition) is 3. The summed E-state index contributed by atoms with van der Waals surface area (Å²) in [7, 11) is 0. The average Bonchev–Trinajstić information content (AvgIpc) is 2.68. The summed E-state index contributed by atoms with van der Waals surface area (Å²) in [6.45, 7) is 0. The maximum Gasteiger partial charge on any atom is 0.306 e. The Bertz CT molecular complexity index is 282. The van der Waals surface area contributed by atoms with E-state index in [4.69, 9.17) is 4.74 Å². The fourth-order valence-corrected chi connectivity index (χ4v) is 4.73.